The molecule has 3 rings (SSSR count). The smallest absolute Gasteiger partial charge is 0.193 e. The highest BCUT2D eigenvalue weighted by Crippen LogP contribution is 2.21. The molecule has 2 fully saturated rings. The van der Waals surface area contributed by atoms with E-state index in [1.807, 2.05) is 13.2 Å². The van der Waals surface area contributed by atoms with E-state index in [9.17, 15) is 0 Å². The van der Waals surface area contributed by atoms with Crippen LogP contribution >= 0.6 is 24.0 Å². The molecule has 0 spiro atoms. The van der Waals surface area contributed by atoms with Gasteiger partial charge in [-0.2, -0.15) is 0 Å². The Balaban J connectivity index is 0.00000261. The number of aromatic nitrogens is 1. The predicted molar refractivity (Wildman–Crippen MR) is 124 cm³/mol. The van der Waals surface area contributed by atoms with E-state index >= 15 is 0 Å². The van der Waals surface area contributed by atoms with E-state index in [1.54, 1.807) is 0 Å². The minimum Gasteiger partial charge on any atom is -0.354 e. The van der Waals surface area contributed by atoms with Gasteiger partial charge in [0.25, 0.3) is 0 Å². The quantitative estimate of drug-likeness (QED) is 0.404. The number of halogens is 1. The fourth-order valence-electron chi connectivity index (χ4n) is 4.09. The number of likely N-dealkylation sites (tertiary alicyclic amines) is 1. The van der Waals surface area contributed by atoms with Gasteiger partial charge in [-0.1, -0.05) is 19.9 Å². The van der Waals surface area contributed by atoms with Crippen LogP contribution in [0.15, 0.2) is 23.3 Å². The maximum absolute atomic E-state index is 4.68. The largest absolute Gasteiger partial charge is 0.354 e. The number of rotatable bonds is 3. The molecule has 7 heteroatoms. The molecule has 0 saturated carbocycles. The Morgan fingerprint density at radius 1 is 1.15 bits per heavy atom. The van der Waals surface area contributed by atoms with Gasteiger partial charge in [-0.25, -0.2) is 4.98 Å². The lowest BCUT2D eigenvalue weighted by molar-refractivity contribution is 0.208. The minimum atomic E-state index is 0. The van der Waals surface area contributed by atoms with E-state index in [2.05, 4.69) is 63.0 Å². The van der Waals surface area contributed by atoms with Gasteiger partial charge in [-0.3, -0.25) is 4.99 Å². The maximum atomic E-state index is 4.68. The van der Waals surface area contributed by atoms with Crippen LogP contribution in [0.3, 0.4) is 0 Å². The second kappa shape index (κ2) is 10.5. The summed E-state index contributed by atoms with van der Waals surface area (Å²) >= 11 is 0. The second-order valence-electron chi connectivity index (χ2n) is 8.07. The van der Waals surface area contributed by atoms with Gasteiger partial charge in [0.1, 0.15) is 5.82 Å². The van der Waals surface area contributed by atoms with Gasteiger partial charge in [-0.15, -0.1) is 24.0 Å². The van der Waals surface area contributed by atoms with Gasteiger partial charge in [-0.05, 0) is 36.9 Å². The number of guanidine groups is 1. The van der Waals surface area contributed by atoms with Crippen LogP contribution in [0.1, 0.15) is 25.8 Å². The van der Waals surface area contributed by atoms with Crippen molar-refractivity contribution in [2.45, 2.75) is 26.8 Å². The lowest BCUT2D eigenvalue weighted by Gasteiger charge is -2.37. The van der Waals surface area contributed by atoms with Crippen LogP contribution in [0.2, 0.25) is 0 Å². The third-order valence-electron chi connectivity index (χ3n) is 5.47. The highest BCUT2D eigenvalue weighted by Gasteiger charge is 2.24. The Bertz CT molecular complexity index is 587. The first-order valence-corrected chi connectivity index (χ1v) is 9.89. The van der Waals surface area contributed by atoms with E-state index < -0.39 is 0 Å². The van der Waals surface area contributed by atoms with Crippen molar-refractivity contribution in [1.82, 2.24) is 20.1 Å². The van der Waals surface area contributed by atoms with Crippen molar-refractivity contribution in [3.05, 3.63) is 23.9 Å². The van der Waals surface area contributed by atoms with Gasteiger partial charge in [0.05, 0.1) is 0 Å². The van der Waals surface area contributed by atoms with Crippen molar-refractivity contribution in [1.29, 1.82) is 0 Å². The van der Waals surface area contributed by atoms with Gasteiger partial charge in [0.2, 0.25) is 0 Å². The number of piperidine rings is 1. The Labute approximate surface area is 181 Å². The van der Waals surface area contributed by atoms with E-state index in [0.29, 0.717) is 0 Å². The molecule has 0 bridgehead atoms. The van der Waals surface area contributed by atoms with Crippen LogP contribution in [0.25, 0.3) is 0 Å². The van der Waals surface area contributed by atoms with Crippen LogP contribution in [0.5, 0.6) is 0 Å². The van der Waals surface area contributed by atoms with Crippen molar-refractivity contribution < 1.29 is 0 Å². The summed E-state index contributed by atoms with van der Waals surface area (Å²) in [5, 5.41) is 3.52. The Hall–Kier alpha value is -1.09. The summed E-state index contributed by atoms with van der Waals surface area (Å²) in [5.41, 5.74) is 1.20. The number of hydrogen-bond donors (Lipinski definition) is 1. The van der Waals surface area contributed by atoms with Crippen LogP contribution in [-0.4, -0.2) is 74.1 Å². The number of nitrogens with one attached hydrogen (secondary N) is 1. The Morgan fingerprint density at radius 3 is 2.37 bits per heavy atom. The number of piperazine rings is 1. The highest BCUT2D eigenvalue weighted by atomic mass is 127. The van der Waals surface area contributed by atoms with E-state index in [4.69, 9.17) is 0 Å². The van der Waals surface area contributed by atoms with Crippen LogP contribution in [0.4, 0.5) is 5.82 Å². The summed E-state index contributed by atoms with van der Waals surface area (Å²) in [6, 6.07) is 4.33. The van der Waals surface area contributed by atoms with Crippen molar-refractivity contribution in [2.75, 3.05) is 58.3 Å². The van der Waals surface area contributed by atoms with Gasteiger partial charge in [0.15, 0.2) is 5.96 Å². The third-order valence-corrected chi connectivity index (χ3v) is 5.47. The van der Waals surface area contributed by atoms with Crippen molar-refractivity contribution in [3.8, 4) is 0 Å². The van der Waals surface area contributed by atoms with Gasteiger partial charge < -0.3 is 20.0 Å². The number of hydrogen-bond acceptors (Lipinski definition) is 4. The number of aliphatic imine (C=N–C) groups is 1. The number of pyridine rings is 1. The lowest BCUT2D eigenvalue weighted by Crippen LogP contribution is -2.48. The van der Waals surface area contributed by atoms with Crippen LogP contribution in [0, 0.1) is 11.8 Å². The average molecular weight is 486 g/mol. The highest BCUT2D eigenvalue weighted by molar-refractivity contribution is 14.0. The van der Waals surface area contributed by atoms with Crippen molar-refractivity contribution in [3.63, 3.8) is 0 Å². The zero-order chi connectivity index (χ0) is 18.5. The van der Waals surface area contributed by atoms with Gasteiger partial charge >= 0.3 is 0 Å². The van der Waals surface area contributed by atoms with E-state index in [-0.39, 0.29) is 24.0 Å². The molecule has 0 amide bonds. The molecule has 2 aliphatic heterocycles. The number of nitrogens with zero attached hydrogens (tertiary/aromatic N) is 5. The SMILES string of the molecule is CN=C(NCc1ccc(N2CCN(C)CC2)nc1)N1CC(C)CC(C)C1.I. The predicted octanol–water partition coefficient (Wildman–Crippen LogP) is 2.50. The number of anilines is 1. The van der Waals surface area contributed by atoms with Crippen molar-refractivity contribution >= 4 is 35.8 Å². The summed E-state index contributed by atoms with van der Waals surface area (Å²) in [6.45, 7) is 11.9. The molecule has 152 valence electrons. The fourth-order valence-corrected chi connectivity index (χ4v) is 4.09. The minimum absolute atomic E-state index is 0. The third kappa shape index (κ3) is 6.20. The number of likely N-dealkylation sites (N-methyl/N-ethyl adjacent to an activating group) is 1. The molecule has 2 unspecified atom stereocenters. The summed E-state index contributed by atoms with van der Waals surface area (Å²) < 4.78 is 0. The standard InChI is InChI=1S/C20H34N6.HI/c1-16-11-17(2)15-26(14-16)20(21-3)23-13-18-5-6-19(22-12-18)25-9-7-24(4)8-10-25;/h5-6,12,16-17H,7-11,13-15H2,1-4H3,(H,21,23);1H. The van der Waals surface area contributed by atoms with Crippen molar-refractivity contribution in [2.24, 2.45) is 16.8 Å². The molecular formula is C20H35IN6. The molecule has 0 radical (unpaired) electrons. The first-order chi connectivity index (χ1) is 12.5. The monoisotopic (exact) mass is 486 g/mol. The van der Waals surface area contributed by atoms with Crippen LogP contribution < -0.4 is 10.2 Å². The van der Waals surface area contributed by atoms with Gasteiger partial charge in [0, 0.05) is 59.1 Å². The zero-order valence-corrected chi connectivity index (χ0v) is 19.5. The Morgan fingerprint density at radius 2 is 1.81 bits per heavy atom. The molecule has 27 heavy (non-hydrogen) atoms. The lowest BCUT2D eigenvalue weighted by atomic mass is 9.92. The second-order valence-corrected chi connectivity index (χ2v) is 8.07. The molecule has 1 aromatic rings. The van der Waals surface area contributed by atoms with Crippen LogP contribution in [-0.2, 0) is 6.54 Å². The molecule has 2 aliphatic rings. The normalized spacial score (nSPS) is 24.5. The molecule has 1 N–H and O–H groups in total. The summed E-state index contributed by atoms with van der Waals surface area (Å²) in [6.07, 6.45) is 3.31. The fraction of sp³-hybridized carbons (Fsp3) is 0.700. The van der Waals surface area contributed by atoms with E-state index in [1.165, 1.54) is 12.0 Å². The molecule has 3 heterocycles. The summed E-state index contributed by atoms with van der Waals surface area (Å²) in [5.74, 6) is 3.54. The molecule has 0 aromatic carbocycles. The van der Waals surface area contributed by atoms with E-state index in [0.717, 1.165) is 69.4 Å². The first kappa shape index (κ1) is 22.2. The maximum Gasteiger partial charge on any atom is 0.193 e. The molecule has 6 nitrogen and oxygen atoms in total. The summed E-state index contributed by atoms with van der Waals surface area (Å²) in [7, 11) is 4.05. The first-order valence-electron chi connectivity index (χ1n) is 9.89. The topological polar surface area (TPSA) is 47.0 Å². The summed E-state index contributed by atoms with van der Waals surface area (Å²) in [4.78, 5) is 16.3. The average Bonchev–Trinajstić information content (AvgIpc) is 2.63. The zero-order valence-electron chi connectivity index (χ0n) is 17.2. The Kier molecular flexibility index (Phi) is 8.60. The molecule has 1 aromatic heterocycles. The molecular weight excluding hydrogens is 451 g/mol. The molecule has 2 atom stereocenters. The molecule has 0 aliphatic carbocycles. The molecule has 2 saturated heterocycles.